The molecule has 4 N–H and O–H groups in total. The third-order valence-electron chi connectivity index (χ3n) is 2.19. The molecular formula is C11H13ClN2O4. The highest BCUT2D eigenvalue weighted by molar-refractivity contribution is 6.33. The van der Waals surface area contributed by atoms with E-state index < -0.39 is 18.0 Å². The topological polar surface area (TPSA) is 102 Å². The summed E-state index contributed by atoms with van der Waals surface area (Å²) in [7, 11) is 1.15. The van der Waals surface area contributed by atoms with Gasteiger partial charge in [0.05, 0.1) is 24.4 Å². The molecule has 0 heterocycles. The lowest BCUT2D eigenvalue weighted by molar-refractivity contribution is -0.149. The number of hydrogen-bond acceptors (Lipinski definition) is 5. The molecule has 1 aromatic carbocycles. The third-order valence-corrected chi connectivity index (χ3v) is 2.53. The quantitative estimate of drug-likeness (QED) is 0.536. The van der Waals surface area contributed by atoms with Crippen molar-refractivity contribution in [1.29, 1.82) is 0 Å². The van der Waals surface area contributed by atoms with E-state index in [9.17, 15) is 14.7 Å². The second-order valence-corrected chi connectivity index (χ2v) is 3.89. The van der Waals surface area contributed by atoms with Crippen molar-refractivity contribution in [3.63, 3.8) is 0 Å². The predicted octanol–water partition coefficient (Wildman–Crippen LogP) is 0.186. The van der Waals surface area contributed by atoms with Gasteiger partial charge in [-0.1, -0.05) is 11.6 Å². The minimum absolute atomic E-state index is 0.242. The Bertz CT molecular complexity index is 464. The fourth-order valence-electron chi connectivity index (χ4n) is 1.20. The number of carbonyl (C=O) groups is 2. The van der Waals surface area contributed by atoms with Crippen LogP contribution < -0.4 is 11.1 Å². The molecule has 0 bridgehead atoms. The molecule has 0 saturated heterocycles. The zero-order chi connectivity index (χ0) is 13.7. The second-order valence-electron chi connectivity index (χ2n) is 3.49. The number of hydrogen-bond donors (Lipinski definition) is 3. The zero-order valence-electron chi connectivity index (χ0n) is 9.64. The van der Waals surface area contributed by atoms with E-state index in [1.165, 1.54) is 18.2 Å². The summed E-state index contributed by atoms with van der Waals surface area (Å²) in [5.74, 6) is -1.28. The van der Waals surface area contributed by atoms with Gasteiger partial charge in [-0.3, -0.25) is 4.79 Å². The second kappa shape index (κ2) is 6.23. The number of methoxy groups -OCH3 is 1. The number of amides is 1. The lowest BCUT2D eigenvalue weighted by Crippen LogP contribution is -2.37. The number of rotatable bonds is 4. The van der Waals surface area contributed by atoms with Gasteiger partial charge in [-0.2, -0.15) is 0 Å². The number of aliphatic hydroxyl groups is 1. The first-order valence-corrected chi connectivity index (χ1v) is 5.42. The molecule has 98 valence electrons. The molecule has 0 fully saturated rings. The Morgan fingerprint density at radius 2 is 2.22 bits per heavy atom. The molecule has 1 atom stereocenters. The average molecular weight is 273 g/mol. The van der Waals surface area contributed by atoms with Crippen molar-refractivity contribution < 1.29 is 19.4 Å². The third kappa shape index (κ3) is 3.61. The van der Waals surface area contributed by atoms with E-state index in [1.807, 2.05) is 0 Å². The number of esters is 1. The van der Waals surface area contributed by atoms with Crippen LogP contribution in [0.2, 0.25) is 5.02 Å². The van der Waals surface area contributed by atoms with Gasteiger partial charge in [0.25, 0.3) is 5.91 Å². The molecule has 7 heteroatoms. The number of halogens is 1. The fourth-order valence-corrected chi connectivity index (χ4v) is 1.31. The Kier molecular flexibility index (Phi) is 4.94. The molecule has 0 aliphatic rings. The monoisotopic (exact) mass is 272 g/mol. The summed E-state index contributed by atoms with van der Waals surface area (Å²) in [6.07, 6.45) is -1.40. The molecule has 0 aromatic heterocycles. The molecule has 0 aliphatic carbocycles. The maximum absolute atomic E-state index is 11.7. The summed E-state index contributed by atoms with van der Waals surface area (Å²) in [6.45, 7) is -0.242. The number of ether oxygens (including phenoxy) is 1. The highest BCUT2D eigenvalue weighted by Crippen LogP contribution is 2.19. The van der Waals surface area contributed by atoms with Crippen LogP contribution in [0.25, 0.3) is 0 Å². The molecule has 6 nitrogen and oxygen atoms in total. The maximum atomic E-state index is 11.7. The van der Waals surface area contributed by atoms with Crippen molar-refractivity contribution in [3.05, 3.63) is 28.8 Å². The van der Waals surface area contributed by atoms with E-state index in [1.54, 1.807) is 0 Å². The predicted molar refractivity (Wildman–Crippen MR) is 66.2 cm³/mol. The first kappa shape index (κ1) is 14.3. The Balaban J connectivity index is 2.60. The van der Waals surface area contributed by atoms with Gasteiger partial charge >= 0.3 is 5.97 Å². The molecule has 1 amide bonds. The number of aliphatic hydroxyl groups excluding tert-OH is 1. The van der Waals surface area contributed by atoms with E-state index in [2.05, 4.69) is 10.1 Å². The average Bonchev–Trinajstić information content (AvgIpc) is 2.37. The van der Waals surface area contributed by atoms with Crippen LogP contribution in [0.4, 0.5) is 5.69 Å². The van der Waals surface area contributed by atoms with Gasteiger partial charge in [0, 0.05) is 5.56 Å². The fraction of sp³-hybridized carbons (Fsp3) is 0.273. The van der Waals surface area contributed by atoms with Crippen molar-refractivity contribution in [3.8, 4) is 0 Å². The van der Waals surface area contributed by atoms with Crippen molar-refractivity contribution in [2.75, 3.05) is 19.4 Å². The highest BCUT2D eigenvalue weighted by Gasteiger charge is 2.16. The normalized spacial score (nSPS) is 11.7. The number of nitrogen functional groups attached to an aromatic ring is 1. The summed E-state index contributed by atoms with van der Waals surface area (Å²) >= 11 is 5.72. The smallest absolute Gasteiger partial charge is 0.336 e. The molecule has 0 spiro atoms. The van der Waals surface area contributed by atoms with Gasteiger partial charge in [0.15, 0.2) is 6.10 Å². The van der Waals surface area contributed by atoms with Crippen molar-refractivity contribution in [2.45, 2.75) is 6.10 Å². The van der Waals surface area contributed by atoms with E-state index in [-0.39, 0.29) is 17.8 Å². The molecule has 0 aliphatic heterocycles. The Morgan fingerprint density at radius 1 is 1.56 bits per heavy atom. The summed E-state index contributed by atoms with van der Waals surface area (Å²) in [4.78, 5) is 22.5. The van der Waals surface area contributed by atoms with Gasteiger partial charge in [-0.05, 0) is 18.2 Å². The van der Waals surface area contributed by atoms with Gasteiger partial charge in [-0.15, -0.1) is 0 Å². The van der Waals surface area contributed by atoms with Crippen LogP contribution in [0.3, 0.4) is 0 Å². The van der Waals surface area contributed by atoms with Gasteiger partial charge in [-0.25, -0.2) is 4.79 Å². The minimum Gasteiger partial charge on any atom is -0.467 e. The van der Waals surface area contributed by atoms with E-state index in [0.29, 0.717) is 5.02 Å². The summed E-state index contributed by atoms with van der Waals surface area (Å²) in [5.41, 5.74) is 6.11. The van der Waals surface area contributed by atoms with Crippen LogP contribution in [-0.2, 0) is 9.53 Å². The van der Waals surface area contributed by atoms with Gasteiger partial charge in [0.2, 0.25) is 0 Å². The number of nitrogens with one attached hydrogen (secondary N) is 1. The maximum Gasteiger partial charge on any atom is 0.336 e. The largest absolute Gasteiger partial charge is 0.467 e. The van der Waals surface area contributed by atoms with Crippen molar-refractivity contribution >= 4 is 29.2 Å². The van der Waals surface area contributed by atoms with Crippen LogP contribution >= 0.6 is 11.6 Å². The summed E-state index contributed by atoms with van der Waals surface area (Å²) in [5, 5.41) is 12.0. The van der Waals surface area contributed by atoms with E-state index >= 15 is 0 Å². The summed E-state index contributed by atoms with van der Waals surface area (Å²) in [6, 6.07) is 4.38. The Morgan fingerprint density at radius 3 is 2.78 bits per heavy atom. The molecule has 1 aromatic rings. The highest BCUT2D eigenvalue weighted by atomic mass is 35.5. The van der Waals surface area contributed by atoms with Crippen LogP contribution in [0.1, 0.15) is 10.4 Å². The van der Waals surface area contributed by atoms with Crippen LogP contribution in [-0.4, -0.2) is 36.7 Å². The van der Waals surface area contributed by atoms with Crippen molar-refractivity contribution in [1.82, 2.24) is 5.32 Å². The van der Waals surface area contributed by atoms with E-state index in [0.717, 1.165) is 7.11 Å². The first-order chi connectivity index (χ1) is 8.45. The molecule has 1 unspecified atom stereocenters. The van der Waals surface area contributed by atoms with Crippen LogP contribution in [0.15, 0.2) is 18.2 Å². The number of carbonyl (C=O) groups excluding carboxylic acids is 2. The molecule has 0 saturated carbocycles. The van der Waals surface area contributed by atoms with Crippen LogP contribution in [0, 0.1) is 0 Å². The van der Waals surface area contributed by atoms with Gasteiger partial charge < -0.3 is 20.9 Å². The lowest BCUT2D eigenvalue weighted by Gasteiger charge is -2.10. The number of anilines is 1. The number of nitrogens with two attached hydrogens (primary N) is 1. The molecule has 18 heavy (non-hydrogen) atoms. The molecule has 1 rings (SSSR count). The zero-order valence-corrected chi connectivity index (χ0v) is 10.4. The molecular weight excluding hydrogens is 260 g/mol. The van der Waals surface area contributed by atoms with E-state index in [4.69, 9.17) is 17.3 Å². The van der Waals surface area contributed by atoms with Gasteiger partial charge in [0.1, 0.15) is 0 Å². The standard InChI is InChI=1S/C11H13ClN2O4/c1-18-11(17)9(15)5-14-10(16)6-2-3-7(12)8(13)4-6/h2-4,9,15H,5,13H2,1H3,(H,14,16). The number of benzene rings is 1. The lowest BCUT2D eigenvalue weighted by atomic mass is 10.2. The SMILES string of the molecule is COC(=O)C(O)CNC(=O)c1ccc(Cl)c(N)c1. The van der Waals surface area contributed by atoms with Crippen molar-refractivity contribution in [2.24, 2.45) is 0 Å². The Labute approximate surface area is 109 Å². The Hall–Kier alpha value is -1.79. The minimum atomic E-state index is -1.40. The summed E-state index contributed by atoms with van der Waals surface area (Å²) < 4.78 is 4.31. The van der Waals surface area contributed by atoms with Crippen LogP contribution in [0.5, 0.6) is 0 Å². The molecule has 0 radical (unpaired) electrons. The first-order valence-electron chi connectivity index (χ1n) is 5.04.